The summed E-state index contributed by atoms with van der Waals surface area (Å²) < 4.78 is 85.1. The summed E-state index contributed by atoms with van der Waals surface area (Å²) in [4.78, 5) is 36.1. The van der Waals surface area contributed by atoms with Crippen LogP contribution in [0, 0.1) is 5.92 Å². The maximum Gasteiger partial charge on any atom is 0.423 e. The van der Waals surface area contributed by atoms with Gasteiger partial charge < -0.3 is 0 Å². The first kappa shape index (κ1) is 22.4. The second-order valence-corrected chi connectivity index (χ2v) is 7.18. The van der Waals surface area contributed by atoms with E-state index in [4.69, 9.17) is 0 Å². The maximum atomic E-state index is 14.2. The molecule has 1 saturated heterocycles. The van der Waals surface area contributed by atoms with E-state index in [1.54, 1.807) is 23.5 Å². The molecule has 0 aliphatic carbocycles. The lowest BCUT2D eigenvalue weighted by Gasteiger charge is -2.45. The van der Waals surface area contributed by atoms with E-state index in [0.717, 1.165) is 12.3 Å². The number of rotatable bonds is 3. The van der Waals surface area contributed by atoms with Crippen LogP contribution in [-0.4, -0.2) is 51.4 Å². The number of aromatic nitrogens is 1. The maximum absolute atomic E-state index is 14.2. The molecule has 1 atom stereocenters. The van der Waals surface area contributed by atoms with Gasteiger partial charge in [-0.25, -0.2) is 14.8 Å². The predicted octanol–water partition coefficient (Wildman–Crippen LogP) is 3.47. The topological polar surface area (TPSA) is 87.0 Å². The van der Waals surface area contributed by atoms with Crippen LogP contribution in [0.2, 0.25) is 0 Å². The van der Waals surface area contributed by atoms with E-state index in [-0.39, 0.29) is 5.69 Å². The van der Waals surface area contributed by atoms with E-state index in [0.29, 0.717) is 10.5 Å². The standard InChI is InChI=1S/C20H13F6N5O2/c21-19(22,23)18(20(24,25)26)13-15(28-14(30-18)12-8-4-5-9-27-12)31(17(33)29-16(13)32)10-11-6-2-1-3-7-11/h1-9,13H,10H2,(H,29,32,33). The van der Waals surface area contributed by atoms with Gasteiger partial charge in [0.05, 0.1) is 6.54 Å². The zero-order chi connectivity index (χ0) is 24.0. The number of hydrogen-bond acceptors (Lipinski definition) is 5. The Balaban J connectivity index is 1.98. The number of urea groups is 1. The fourth-order valence-electron chi connectivity index (χ4n) is 3.63. The Morgan fingerprint density at radius 2 is 1.58 bits per heavy atom. The molecule has 0 radical (unpaired) electrons. The number of imide groups is 1. The first-order valence-corrected chi connectivity index (χ1v) is 9.35. The number of nitrogens with one attached hydrogen (secondary N) is 1. The van der Waals surface area contributed by atoms with E-state index >= 15 is 0 Å². The van der Waals surface area contributed by atoms with Gasteiger partial charge in [0.2, 0.25) is 5.91 Å². The number of carbonyl (C=O) groups excluding carboxylic acids is 2. The zero-order valence-corrected chi connectivity index (χ0v) is 16.4. The first-order chi connectivity index (χ1) is 15.5. The molecule has 2 aliphatic heterocycles. The fourth-order valence-corrected chi connectivity index (χ4v) is 3.63. The lowest BCUT2D eigenvalue weighted by Crippen LogP contribution is -2.72. The predicted molar refractivity (Wildman–Crippen MR) is 102 cm³/mol. The van der Waals surface area contributed by atoms with Crippen LogP contribution in [0.3, 0.4) is 0 Å². The van der Waals surface area contributed by atoms with E-state index < -0.39 is 54.0 Å². The third kappa shape index (κ3) is 3.62. The second kappa shape index (κ2) is 7.67. The summed E-state index contributed by atoms with van der Waals surface area (Å²) in [5.41, 5.74) is -4.89. The molecule has 1 aromatic heterocycles. The molecule has 4 rings (SSSR count). The molecule has 2 aromatic rings. The molecule has 0 saturated carbocycles. The second-order valence-electron chi connectivity index (χ2n) is 7.18. The molecular weight excluding hydrogens is 456 g/mol. The van der Waals surface area contributed by atoms with Gasteiger partial charge in [0.1, 0.15) is 17.4 Å². The van der Waals surface area contributed by atoms with Crippen molar-refractivity contribution in [2.45, 2.75) is 24.4 Å². The number of carbonyl (C=O) groups is 2. The van der Waals surface area contributed by atoms with Crippen LogP contribution in [0.1, 0.15) is 11.3 Å². The largest absolute Gasteiger partial charge is 0.423 e. The molecule has 13 heteroatoms. The van der Waals surface area contributed by atoms with Gasteiger partial charge >= 0.3 is 18.4 Å². The van der Waals surface area contributed by atoms with E-state index in [9.17, 15) is 35.9 Å². The van der Waals surface area contributed by atoms with Gasteiger partial charge in [0.25, 0.3) is 5.54 Å². The minimum Gasteiger partial charge on any atom is -0.277 e. The lowest BCUT2D eigenvalue weighted by atomic mass is 9.78. The van der Waals surface area contributed by atoms with Gasteiger partial charge in [-0.2, -0.15) is 26.3 Å². The minimum atomic E-state index is -6.06. The summed E-state index contributed by atoms with van der Waals surface area (Å²) in [6.45, 7) is -0.434. The van der Waals surface area contributed by atoms with Gasteiger partial charge in [-0.15, -0.1) is 0 Å². The smallest absolute Gasteiger partial charge is 0.277 e. The fraction of sp³-hybridized carbons (Fsp3) is 0.250. The SMILES string of the molecule is O=C1NC(=O)N(Cc2ccccc2)C2=NC(c3ccccn3)=NC(C(F)(F)F)(C(F)(F)F)C12. The quantitative estimate of drug-likeness (QED) is 0.699. The van der Waals surface area contributed by atoms with Crippen molar-refractivity contribution in [1.29, 1.82) is 0 Å². The average molecular weight is 469 g/mol. The molecule has 0 bridgehead atoms. The van der Waals surface area contributed by atoms with Crippen molar-refractivity contribution in [3.63, 3.8) is 0 Å². The minimum absolute atomic E-state index is 0.384. The van der Waals surface area contributed by atoms with Crippen LogP contribution in [0.15, 0.2) is 64.7 Å². The van der Waals surface area contributed by atoms with Crippen molar-refractivity contribution in [2.75, 3.05) is 0 Å². The Labute approximate surface area is 181 Å². The number of benzene rings is 1. The summed E-state index contributed by atoms with van der Waals surface area (Å²) in [5, 5.41) is 1.58. The van der Waals surface area contributed by atoms with E-state index in [2.05, 4.69) is 15.0 Å². The highest BCUT2D eigenvalue weighted by atomic mass is 19.4. The molecule has 3 heterocycles. The van der Waals surface area contributed by atoms with Crippen LogP contribution >= 0.6 is 0 Å². The summed E-state index contributed by atoms with van der Waals surface area (Å²) in [6, 6.07) is 10.4. The molecule has 1 unspecified atom stereocenters. The Hall–Kier alpha value is -3.77. The Morgan fingerprint density at radius 1 is 0.939 bits per heavy atom. The number of alkyl halides is 6. The van der Waals surface area contributed by atoms with Crippen molar-refractivity contribution in [2.24, 2.45) is 15.9 Å². The van der Waals surface area contributed by atoms with E-state index in [1.807, 2.05) is 0 Å². The van der Waals surface area contributed by atoms with Gasteiger partial charge in [-0.3, -0.25) is 20.0 Å². The zero-order valence-electron chi connectivity index (χ0n) is 16.4. The number of halogens is 6. The molecule has 0 spiro atoms. The van der Waals surface area contributed by atoms with Crippen LogP contribution in [0.5, 0.6) is 0 Å². The van der Waals surface area contributed by atoms with Crippen molar-refractivity contribution < 1.29 is 35.9 Å². The Bertz CT molecular complexity index is 1130. The highest BCUT2D eigenvalue weighted by molar-refractivity contribution is 6.23. The molecule has 3 amide bonds. The number of amides is 3. The van der Waals surface area contributed by atoms with Crippen LogP contribution < -0.4 is 5.32 Å². The number of fused-ring (bicyclic) bond motifs is 1. The van der Waals surface area contributed by atoms with Gasteiger partial charge in [0, 0.05) is 6.20 Å². The number of pyridine rings is 1. The summed E-state index contributed by atoms with van der Waals surface area (Å²) in [5.74, 6) is -6.80. The molecule has 1 N–H and O–H groups in total. The molecule has 172 valence electrons. The molecule has 1 fully saturated rings. The number of hydrogen-bond donors (Lipinski definition) is 1. The average Bonchev–Trinajstić information content (AvgIpc) is 2.75. The highest BCUT2D eigenvalue weighted by Crippen LogP contribution is 2.53. The monoisotopic (exact) mass is 469 g/mol. The molecule has 7 nitrogen and oxygen atoms in total. The van der Waals surface area contributed by atoms with Gasteiger partial charge in [-0.1, -0.05) is 36.4 Å². The van der Waals surface area contributed by atoms with Crippen molar-refractivity contribution in [1.82, 2.24) is 15.2 Å². The van der Waals surface area contributed by atoms with Crippen molar-refractivity contribution in [3.05, 3.63) is 66.0 Å². The lowest BCUT2D eigenvalue weighted by molar-refractivity contribution is -0.302. The molecule has 1 aromatic carbocycles. The van der Waals surface area contributed by atoms with Crippen molar-refractivity contribution >= 4 is 23.6 Å². The number of amidine groups is 2. The Kier molecular flexibility index (Phi) is 5.21. The number of nitrogens with zero attached hydrogens (tertiary/aromatic N) is 4. The summed E-state index contributed by atoms with van der Waals surface area (Å²) >= 11 is 0. The summed E-state index contributed by atoms with van der Waals surface area (Å²) in [6.07, 6.45) is -11.0. The molecule has 2 aliphatic rings. The van der Waals surface area contributed by atoms with Crippen molar-refractivity contribution in [3.8, 4) is 0 Å². The van der Waals surface area contributed by atoms with Gasteiger partial charge in [-0.05, 0) is 17.7 Å². The first-order valence-electron chi connectivity index (χ1n) is 9.35. The third-order valence-corrected chi connectivity index (χ3v) is 5.13. The molecular formula is C20H13F6N5O2. The number of aliphatic imine (C=N–C) groups is 2. The Morgan fingerprint density at radius 3 is 2.15 bits per heavy atom. The normalized spacial score (nSPS) is 20.5. The van der Waals surface area contributed by atoms with Crippen LogP contribution in [-0.2, 0) is 11.3 Å². The van der Waals surface area contributed by atoms with Crippen LogP contribution in [0.4, 0.5) is 31.1 Å². The van der Waals surface area contributed by atoms with Crippen LogP contribution in [0.25, 0.3) is 0 Å². The third-order valence-electron chi connectivity index (χ3n) is 5.13. The molecule has 33 heavy (non-hydrogen) atoms. The summed E-state index contributed by atoms with van der Waals surface area (Å²) in [7, 11) is 0. The highest BCUT2D eigenvalue weighted by Gasteiger charge is 2.79. The van der Waals surface area contributed by atoms with Gasteiger partial charge in [0.15, 0.2) is 5.84 Å². The van der Waals surface area contributed by atoms with E-state index in [1.165, 1.54) is 24.3 Å².